The first-order chi connectivity index (χ1) is 14.7. The second-order valence-corrected chi connectivity index (χ2v) is 8.49. The molecule has 1 fully saturated rings. The van der Waals surface area contributed by atoms with E-state index < -0.39 is 0 Å². The Morgan fingerprint density at radius 1 is 1.23 bits per heavy atom. The van der Waals surface area contributed by atoms with Crippen LogP contribution < -0.4 is 4.74 Å². The molecule has 0 amide bonds. The molecule has 1 aliphatic heterocycles. The Morgan fingerprint density at radius 2 is 2.03 bits per heavy atom. The number of rotatable bonds is 7. The zero-order chi connectivity index (χ0) is 20.9. The molecular formula is C24H27N3O2S. The van der Waals surface area contributed by atoms with Crippen molar-refractivity contribution in [3.63, 3.8) is 0 Å². The van der Waals surface area contributed by atoms with E-state index in [0.717, 1.165) is 65.5 Å². The largest absolute Gasteiger partial charge is 0.497 e. The lowest BCUT2D eigenvalue weighted by Crippen LogP contribution is -2.38. The maximum atomic E-state index is 13.2. The van der Waals surface area contributed by atoms with E-state index in [1.54, 1.807) is 18.9 Å². The second kappa shape index (κ2) is 9.49. The summed E-state index contributed by atoms with van der Waals surface area (Å²) in [6, 6.07) is 15.9. The molecule has 0 bridgehead atoms. The average molecular weight is 422 g/mol. The van der Waals surface area contributed by atoms with Crippen molar-refractivity contribution in [1.29, 1.82) is 0 Å². The molecule has 30 heavy (non-hydrogen) atoms. The number of H-pyrrole nitrogens is 1. The molecule has 0 aliphatic carbocycles. The summed E-state index contributed by atoms with van der Waals surface area (Å²) in [7, 11) is 1.67. The number of likely N-dealkylation sites (tertiary alicyclic amines) is 1. The van der Waals surface area contributed by atoms with Gasteiger partial charge in [0.25, 0.3) is 0 Å². The highest BCUT2D eigenvalue weighted by Crippen LogP contribution is 2.29. The Bertz CT molecular complexity index is 1000. The van der Waals surface area contributed by atoms with Gasteiger partial charge in [0, 0.05) is 40.6 Å². The third kappa shape index (κ3) is 4.45. The molecule has 0 radical (unpaired) electrons. The average Bonchev–Trinajstić information content (AvgIpc) is 3.26. The highest BCUT2D eigenvalue weighted by molar-refractivity contribution is 7.98. The fourth-order valence-corrected chi connectivity index (χ4v) is 4.76. The lowest BCUT2D eigenvalue weighted by atomic mass is 9.89. The number of aromatic nitrogens is 2. The zero-order valence-corrected chi connectivity index (χ0v) is 18.2. The molecule has 2 aromatic carbocycles. The Kier molecular flexibility index (Phi) is 6.55. The minimum Gasteiger partial charge on any atom is -0.497 e. The number of piperidine rings is 1. The summed E-state index contributed by atoms with van der Waals surface area (Å²) >= 11 is 1.64. The molecule has 0 saturated carbocycles. The summed E-state index contributed by atoms with van der Waals surface area (Å²) in [5.74, 6) is 1.15. The molecule has 156 valence electrons. The molecule has 4 rings (SSSR count). The first kappa shape index (κ1) is 20.7. The van der Waals surface area contributed by atoms with Gasteiger partial charge < -0.3 is 4.74 Å². The zero-order valence-electron chi connectivity index (χ0n) is 17.4. The van der Waals surface area contributed by atoms with Gasteiger partial charge in [-0.2, -0.15) is 5.10 Å². The van der Waals surface area contributed by atoms with Crippen LogP contribution in [0.2, 0.25) is 0 Å². The van der Waals surface area contributed by atoms with E-state index in [9.17, 15) is 4.79 Å². The van der Waals surface area contributed by atoms with Crippen molar-refractivity contribution in [1.82, 2.24) is 15.1 Å². The number of aromatic amines is 1. The Hall–Kier alpha value is -2.57. The molecule has 1 aromatic heterocycles. The molecule has 1 aliphatic rings. The Morgan fingerprint density at radius 3 is 2.80 bits per heavy atom. The number of thioether (sulfide) groups is 1. The van der Waals surface area contributed by atoms with Gasteiger partial charge in [-0.15, -0.1) is 11.8 Å². The summed E-state index contributed by atoms with van der Waals surface area (Å²) < 4.78 is 5.26. The van der Waals surface area contributed by atoms with Crippen molar-refractivity contribution in [2.45, 2.75) is 24.3 Å². The molecule has 5 nitrogen and oxygen atoms in total. The van der Waals surface area contributed by atoms with Crippen LogP contribution >= 0.6 is 11.8 Å². The quantitative estimate of drug-likeness (QED) is 0.434. The lowest BCUT2D eigenvalue weighted by molar-refractivity contribution is 0.0809. The number of ether oxygens (including phenoxy) is 1. The number of carbonyl (C=O) groups is 1. The van der Waals surface area contributed by atoms with Crippen LogP contribution in [0.15, 0.2) is 59.6 Å². The standard InChI is InChI=1S/C24H27N3O2S/c1-29-20-11-9-17(10-12-20)23-19(14-25-26-23)16-27-13-5-6-18(15-27)24(28)21-7-3-4-8-22(21)30-2/h3-4,7-12,14,18H,5-6,13,15-16H2,1-2H3,(H,25,26). The van der Waals surface area contributed by atoms with E-state index in [-0.39, 0.29) is 11.7 Å². The van der Waals surface area contributed by atoms with Gasteiger partial charge in [0.2, 0.25) is 0 Å². The van der Waals surface area contributed by atoms with E-state index in [4.69, 9.17) is 4.74 Å². The van der Waals surface area contributed by atoms with E-state index in [0.29, 0.717) is 0 Å². The normalized spacial score (nSPS) is 17.1. The van der Waals surface area contributed by atoms with Crippen LogP contribution in [-0.4, -0.2) is 47.3 Å². The van der Waals surface area contributed by atoms with E-state index in [1.807, 2.05) is 61.0 Å². The van der Waals surface area contributed by atoms with Gasteiger partial charge in [-0.05, 0) is 56.0 Å². The Balaban J connectivity index is 1.47. The van der Waals surface area contributed by atoms with Crippen LogP contribution in [0.25, 0.3) is 11.3 Å². The summed E-state index contributed by atoms with van der Waals surface area (Å²) in [5, 5.41) is 7.42. The third-order valence-electron chi connectivity index (χ3n) is 5.74. The summed E-state index contributed by atoms with van der Waals surface area (Å²) in [5.41, 5.74) is 4.12. The number of benzene rings is 2. The molecule has 1 atom stereocenters. The maximum Gasteiger partial charge on any atom is 0.168 e. The first-order valence-electron chi connectivity index (χ1n) is 10.3. The fourth-order valence-electron chi connectivity index (χ4n) is 4.16. The van der Waals surface area contributed by atoms with Crippen molar-refractivity contribution >= 4 is 17.5 Å². The van der Waals surface area contributed by atoms with Gasteiger partial charge in [0.1, 0.15) is 5.75 Å². The smallest absolute Gasteiger partial charge is 0.168 e. The molecule has 2 heterocycles. The summed E-state index contributed by atoms with van der Waals surface area (Å²) in [6.45, 7) is 2.57. The van der Waals surface area contributed by atoms with Crippen LogP contribution in [0.3, 0.4) is 0 Å². The maximum absolute atomic E-state index is 13.2. The third-order valence-corrected chi connectivity index (χ3v) is 6.54. The highest BCUT2D eigenvalue weighted by atomic mass is 32.2. The van der Waals surface area contributed by atoms with Gasteiger partial charge in [-0.25, -0.2) is 0 Å². The van der Waals surface area contributed by atoms with Crippen LogP contribution in [0.4, 0.5) is 0 Å². The number of hydrogen-bond donors (Lipinski definition) is 1. The molecule has 3 aromatic rings. The number of Topliss-reactive ketones (excluding diaryl/α,β-unsaturated/α-hetero) is 1. The van der Waals surface area contributed by atoms with Gasteiger partial charge >= 0.3 is 0 Å². The SMILES string of the molecule is COc1ccc(-c2[nH]ncc2CN2CCCC(C(=O)c3ccccc3SC)C2)cc1. The molecular weight excluding hydrogens is 394 g/mol. The monoisotopic (exact) mass is 421 g/mol. The predicted molar refractivity (Wildman–Crippen MR) is 121 cm³/mol. The van der Waals surface area contributed by atoms with Crippen molar-refractivity contribution in [3.8, 4) is 17.0 Å². The van der Waals surface area contributed by atoms with E-state index in [1.165, 1.54) is 0 Å². The molecule has 6 heteroatoms. The summed E-state index contributed by atoms with van der Waals surface area (Å²) in [4.78, 5) is 16.7. The molecule has 1 N–H and O–H groups in total. The van der Waals surface area contributed by atoms with Crippen LogP contribution in [0.1, 0.15) is 28.8 Å². The van der Waals surface area contributed by atoms with Crippen molar-refractivity contribution < 1.29 is 9.53 Å². The van der Waals surface area contributed by atoms with E-state index >= 15 is 0 Å². The first-order valence-corrected chi connectivity index (χ1v) is 11.5. The number of carbonyl (C=O) groups excluding carboxylic acids is 1. The number of ketones is 1. The van der Waals surface area contributed by atoms with Gasteiger partial charge in [-0.1, -0.05) is 18.2 Å². The van der Waals surface area contributed by atoms with E-state index in [2.05, 4.69) is 15.1 Å². The minimum atomic E-state index is 0.0448. The number of hydrogen-bond acceptors (Lipinski definition) is 5. The fraction of sp³-hybridized carbons (Fsp3) is 0.333. The van der Waals surface area contributed by atoms with Crippen LogP contribution in [0.5, 0.6) is 5.75 Å². The molecule has 0 spiro atoms. The predicted octanol–water partition coefficient (Wildman–Crippen LogP) is 4.90. The van der Waals surface area contributed by atoms with Crippen molar-refractivity contribution in [2.24, 2.45) is 5.92 Å². The van der Waals surface area contributed by atoms with Crippen molar-refractivity contribution in [2.75, 3.05) is 26.5 Å². The topological polar surface area (TPSA) is 58.2 Å². The minimum absolute atomic E-state index is 0.0448. The molecule has 1 unspecified atom stereocenters. The summed E-state index contributed by atoms with van der Waals surface area (Å²) in [6.07, 6.45) is 5.91. The molecule has 1 saturated heterocycles. The Labute approximate surface area is 181 Å². The van der Waals surface area contributed by atoms with Crippen molar-refractivity contribution in [3.05, 3.63) is 65.9 Å². The number of nitrogens with zero attached hydrogens (tertiary/aromatic N) is 2. The van der Waals surface area contributed by atoms with Gasteiger partial charge in [0.05, 0.1) is 19.0 Å². The second-order valence-electron chi connectivity index (χ2n) is 7.64. The van der Waals surface area contributed by atoms with Crippen LogP contribution in [-0.2, 0) is 6.54 Å². The highest BCUT2D eigenvalue weighted by Gasteiger charge is 2.28. The lowest BCUT2D eigenvalue weighted by Gasteiger charge is -2.32. The van der Waals surface area contributed by atoms with Gasteiger partial charge in [0.15, 0.2) is 5.78 Å². The number of nitrogens with one attached hydrogen (secondary N) is 1. The van der Waals surface area contributed by atoms with Gasteiger partial charge in [-0.3, -0.25) is 14.8 Å². The van der Waals surface area contributed by atoms with Crippen LogP contribution in [0, 0.1) is 5.92 Å². The number of methoxy groups -OCH3 is 1.